The van der Waals surface area contributed by atoms with Crippen molar-refractivity contribution in [3.05, 3.63) is 35.9 Å². The third-order valence-corrected chi connectivity index (χ3v) is 3.99. The summed E-state index contributed by atoms with van der Waals surface area (Å²) in [7, 11) is 3.55. The average molecular weight is 273 g/mol. The minimum Gasteiger partial charge on any atom is -0.465 e. The van der Waals surface area contributed by atoms with Gasteiger partial charge in [0.2, 0.25) is 0 Å². The summed E-state index contributed by atoms with van der Waals surface area (Å²) in [5, 5.41) is 0. The SMILES string of the molecule is COC(=O)c1ccn2c(CC3CCN(C)C3)ncc2c1. The smallest absolute Gasteiger partial charge is 0.337 e. The molecular weight excluding hydrogens is 254 g/mol. The molecule has 0 radical (unpaired) electrons. The van der Waals surface area contributed by atoms with E-state index in [-0.39, 0.29) is 5.97 Å². The lowest BCUT2D eigenvalue weighted by Gasteiger charge is -2.09. The van der Waals surface area contributed by atoms with Crippen molar-refractivity contribution in [3.8, 4) is 0 Å². The number of rotatable bonds is 3. The van der Waals surface area contributed by atoms with Crippen molar-refractivity contribution >= 4 is 11.5 Å². The molecule has 1 aliphatic rings. The first-order valence-electron chi connectivity index (χ1n) is 6.90. The number of carbonyl (C=O) groups is 1. The lowest BCUT2D eigenvalue weighted by Crippen LogP contribution is -2.15. The first-order chi connectivity index (χ1) is 9.67. The highest BCUT2D eigenvalue weighted by Gasteiger charge is 2.21. The number of hydrogen-bond acceptors (Lipinski definition) is 4. The van der Waals surface area contributed by atoms with Crippen molar-refractivity contribution in [2.75, 3.05) is 27.2 Å². The van der Waals surface area contributed by atoms with Crippen LogP contribution in [-0.4, -0.2) is 47.5 Å². The number of carbonyl (C=O) groups excluding carboxylic acids is 1. The first kappa shape index (κ1) is 13.1. The molecule has 0 aromatic carbocycles. The fraction of sp³-hybridized carbons (Fsp3) is 0.467. The van der Waals surface area contributed by atoms with E-state index < -0.39 is 0 Å². The van der Waals surface area contributed by atoms with Crippen LogP contribution in [0.2, 0.25) is 0 Å². The normalized spacial score (nSPS) is 19.6. The monoisotopic (exact) mass is 273 g/mol. The maximum absolute atomic E-state index is 11.5. The van der Waals surface area contributed by atoms with Crippen molar-refractivity contribution in [1.82, 2.24) is 14.3 Å². The Labute approximate surface area is 118 Å². The highest BCUT2D eigenvalue weighted by molar-refractivity contribution is 5.90. The van der Waals surface area contributed by atoms with Crippen LogP contribution in [0.15, 0.2) is 24.5 Å². The van der Waals surface area contributed by atoms with Gasteiger partial charge in [0.25, 0.3) is 0 Å². The number of methoxy groups -OCH3 is 1. The Morgan fingerprint density at radius 3 is 3.10 bits per heavy atom. The molecule has 3 heterocycles. The summed E-state index contributed by atoms with van der Waals surface area (Å²) in [4.78, 5) is 18.4. The topological polar surface area (TPSA) is 46.8 Å². The maximum Gasteiger partial charge on any atom is 0.337 e. The highest BCUT2D eigenvalue weighted by atomic mass is 16.5. The van der Waals surface area contributed by atoms with Crippen molar-refractivity contribution in [2.24, 2.45) is 5.92 Å². The van der Waals surface area contributed by atoms with Gasteiger partial charge in [-0.15, -0.1) is 0 Å². The molecule has 1 aliphatic heterocycles. The Balaban J connectivity index is 1.84. The lowest BCUT2D eigenvalue weighted by molar-refractivity contribution is 0.0600. The number of ether oxygens (including phenoxy) is 1. The van der Waals surface area contributed by atoms with Gasteiger partial charge in [0, 0.05) is 19.2 Å². The molecule has 1 atom stereocenters. The second-order valence-corrected chi connectivity index (χ2v) is 5.50. The summed E-state index contributed by atoms with van der Waals surface area (Å²) in [6.45, 7) is 2.30. The van der Waals surface area contributed by atoms with E-state index in [0.717, 1.165) is 24.3 Å². The minimum atomic E-state index is -0.312. The molecule has 5 nitrogen and oxygen atoms in total. The summed E-state index contributed by atoms with van der Waals surface area (Å²) in [5.41, 5.74) is 1.50. The van der Waals surface area contributed by atoms with Crippen LogP contribution in [0, 0.1) is 5.92 Å². The standard InChI is InChI=1S/C15H19N3O2/c1-17-5-3-11(10-17)7-14-16-9-13-8-12(15(19)20-2)4-6-18(13)14/h4,6,8-9,11H,3,5,7,10H2,1-2H3. The Morgan fingerprint density at radius 1 is 1.55 bits per heavy atom. The third kappa shape index (κ3) is 2.41. The molecule has 0 spiro atoms. The van der Waals surface area contributed by atoms with E-state index in [1.807, 2.05) is 18.5 Å². The molecule has 1 fully saturated rings. The van der Waals surface area contributed by atoms with Gasteiger partial charge in [-0.2, -0.15) is 0 Å². The van der Waals surface area contributed by atoms with E-state index in [0.29, 0.717) is 11.5 Å². The van der Waals surface area contributed by atoms with Crippen LogP contribution in [0.3, 0.4) is 0 Å². The van der Waals surface area contributed by atoms with E-state index >= 15 is 0 Å². The Kier molecular flexibility index (Phi) is 3.44. The lowest BCUT2D eigenvalue weighted by atomic mass is 10.0. The molecule has 0 saturated carbocycles. The van der Waals surface area contributed by atoms with Crippen LogP contribution in [0.5, 0.6) is 0 Å². The zero-order valence-electron chi connectivity index (χ0n) is 11.9. The van der Waals surface area contributed by atoms with Gasteiger partial charge in [0.05, 0.1) is 24.4 Å². The van der Waals surface area contributed by atoms with E-state index in [4.69, 9.17) is 4.74 Å². The van der Waals surface area contributed by atoms with Gasteiger partial charge in [-0.05, 0) is 38.1 Å². The first-order valence-corrected chi connectivity index (χ1v) is 6.90. The molecular formula is C15H19N3O2. The summed E-state index contributed by atoms with van der Waals surface area (Å²) in [6, 6.07) is 3.61. The largest absolute Gasteiger partial charge is 0.465 e. The molecule has 3 rings (SSSR count). The molecule has 0 aliphatic carbocycles. The summed E-state index contributed by atoms with van der Waals surface area (Å²) in [5.74, 6) is 1.43. The predicted octanol–water partition coefficient (Wildman–Crippen LogP) is 1.62. The molecule has 0 amide bonds. The number of esters is 1. The van der Waals surface area contributed by atoms with Crippen LogP contribution in [0.1, 0.15) is 22.6 Å². The number of aromatic nitrogens is 2. The molecule has 0 bridgehead atoms. The number of pyridine rings is 1. The van der Waals surface area contributed by atoms with Crippen LogP contribution in [0.25, 0.3) is 5.52 Å². The molecule has 0 N–H and O–H groups in total. The molecule has 20 heavy (non-hydrogen) atoms. The average Bonchev–Trinajstić information content (AvgIpc) is 3.05. The maximum atomic E-state index is 11.5. The molecule has 2 aromatic heterocycles. The van der Waals surface area contributed by atoms with Gasteiger partial charge >= 0.3 is 5.97 Å². The van der Waals surface area contributed by atoms with Crippen LogP contribution >= 0.6 is 0 Å². The zero-order chi connectivity index (χ0) is 14.1. The Morgan fingerprint density at radius 2 is 2.40 bits per heavy atom. The number of fused-ring (bicyclic) bond motifs is 1. The zero-order valence-corrected chi connectivity index (χ0v) is 11.9. The van der Waals surface area contributed by atoms with E-state index in [1.165, 1.54) is 20.1 Å². The number of nitrogens with zero attached hydrogens (tertiary/aromatic N) is 3. The molecule has 106 valence electrons. The van der Waals surface area contributed by atoms with E-state index in [1.54, 1.807) is 6.07 Å². The Hall–Kier alpha value is -1.88. The second-order valence-electron chi connectivity index (χ2n) is 5.50. The van der Waals surface area contributed by atoms with Crippen LogP contribution in [0.4, 0.5) is 0 Å². The molecule has 5 heteroatoms. The van der Waals surface area contributed by atoms with Crippen molar-refractivity contribution in [3.63, 3.8) is 0 Å². The van der Waals surface area contributed by atoms with Crippen molar-refractivity contribution < 1.29 is 9.53 Å². The third-order valence-electron chi connectivity index (χ3n) is 3.99. The van der Waals surface area contributed by atoms with Gasteiger partial charge < -0.3 is 14.0 Å². The van der Waals surface area contributed by atoms with E-state index in [9.17, 15) is 4.79 Å². The fourth-order valence-corrected chi connectivity index (χ4v) is 2.90. The fourth-order valence-electron chi connectivity index (χ4n) is 2.90. The van der Waals surface area contributed by atoms with Gasteiger partial charge in [0.1, 0.15) is 5.82 Å². The summed E-state index contributed by atoms with van der Waals surface area (Å²) < 4.78 is 6.80. The minimum absolute atomic E-state index is 0.312. The summed E-state index contributed by atoms with van der Waals surface area (Å²) >= 11 is 0. The van der Waals surface area contributed by atoms with Gasteiger partial charge in [-0.1, -0.05) is 0 Å². The Bertz CT molecular complexity index is 635. The van der Waals surface area contributed by atoms with Crippen LogP contribution < -0.4 is 0 Å². The second kappa shape index (κ2) is 5.25. The highest BCUT2D eigenvalue weighted by Crippen LogP contribution is 2.20. The quantitative estimate of drug-likeness (QED) is 0.797. The predicted molar refractivity (Wildman–Crippen MR) is 75.8 cm³/mol. The number of imidazole rings is 1. The molecule has 1 saturated heterocycles. The molecule has 1 unspecified atom stereocenters. The van der Waals surface area contributed by atoms with E-state index in [2.05, 4.69) is 21.3 Å². The van der Waals surface area contributed by atoms with Crippen LogP contribution in [-0.2, 0) is 11.2 Å². The van der Waals surface area contributed by atoms with Gasteiger partial charge in [-0.25, -0.2) is 9.78 Å². The van der Waals surface area contributed by atoms with Crippen molar-refractivity contribution in [1.29, 1.82) is 0 Å². The van der Waals surface area contributed by atoms with Crippen molar-refractivity contribution in [2.45, 2.75) is 12.8 Å². The van der Waals surface area contributed by atoms with Gasteiger partial charge in [-0.3, -0.25) is 0 Å². The molecule has 2 aromatic rings. The van der Waals surface area contributed by atoms with Gasteiger partial charge in [0.15, 0.2) is 0 Å². The summed E-state index contributed by atoms with van der Waals surface area (Å²) in [6.07, 6.45) is 5.94. The number of likely N-dealkylation sites (tertiary alicyclic amines) is 1. The number of hydrogen-bond donors (Lipinski definition) is 0.